The lowest BCUT2D eigenvalue weighted by atomic mass is 9.70. The van der Waals surface area contributed by atoms with Crippen molar-refractivity contribution in [3.05, 3.63) is 58.9 Å². The SMILES string of the molecule is CC1(C)CCc2ccccc2C1Nc1cnccc1Cl. The number of benzene rings is 1. The summed E-state index contributed by atoms with van der Waals surface area (Å²) in [5, 5.41) is 4.32. The number of anilines is 1. The van der Waals surface area contributed by atoms with E-state index in [4.69, 9.17) is 11.6 Å². The summed E-state index contributed by atoms with van der Waals surface area (Å²) in [4.78, 5) is 4.17. The number of hydrogen-bond donors (Lipinski definition) is 1. The third-order valence-corrected chi connectivity index (χ3v) is 4.58. The molecule has 3 heteroatoms. The molecule has 1 aliphatic carbocycles. The molecule has 0 radical (unpaired) electrons. The highest BCUT2D eigenvalue weighted by Crippen LogP contribution is 2.45. The maximum absolute atomic E-state index is 6.26. The van der Waals surface area contributed by atoms with E-state index in [-0.39, 0.29) is 11.5 Å². The summed E-state index contributed by atoms with van der Waals surface area (Å²) < 4.78 is 0. The number of pyridine rings is 1. The van der Waals surface area contributed by atoms with Crippen LogP contribution >= 0.6 is 11.6 Å². The first-order valence-electron chi connectivity index (χ1n) is 7.02. The number of fused-ring (bicyclic) bond motifs is 1. The molecule has 0 aliphatic heterocycles. The molecule has 1 atom stereocenters. The molecule has 2 nitrogen and oxygen atoms in total. The van der Waals surface area contributed by atoms with Crippen molar-refractivity contribution in [1.82, 2.24) is 4.98 Å². The van der Waals surface area contributed by atoms with Gasteiger partial charge in [0.1, 0.15) is 0 Å². The Labute approximate surface area is 125 Å². The van der Waals surface area contributed by atoms with Gasteiger partial charge in [-0.05, 0) is 35.4 Å². The molecule has 1 N–H and O–H groups in total. The van der Waals surface area contributed by atoms with E-state index in [1.807, 2.05) is 6.07 Å². The average Bonchev–Trinajstić information content (AvgIpc) is 2.44. The smallest absolute Gasteiger partial charge is 0.0721 e. The maximum atomic E-state index is 6.26. The summed E-state index contributed by atoms with van der Waals surface area (Å²) >= 11 is 6.26. The molecule has 0 spiro atoms. The lowest BCUT2D eigenvalue weighted by Gasteiger charge is -2.41. The second kappa shape index (κ2) is 5.10. The number of hydrogen-bond acceptors (Lipinski definition) is 2. The van der Waals surface area contributed by atoms with Gasteiger partial charge in [0, 0.05) is 6.20 Å². The molecular formula is C17H19ClN2. The summed E-state index contributed by atoms with van der Waals surface area (Å²) in [5.74, 6) is 0. The molecule has 0 amide bonds. The van der Waals surface area contributed by atoms with Crippen LogP contribution in [0.1, 0.15) is 37.4 Å². The number of aryl methyl sites for hydroxylation is 1. The van der Waals surface area contributed by atoms with E-state index in [0.29, 0.717) is 0 Å². The van der Waals surface area contributed by atoms with Gasteiger partial charge in [0.25, 0.3) is 0 Å². The first-order chi connectivity index (χ1) is 9.58. The van der Waals surface area contributed by atoms with Gasteiger partial charge in [0.2, 0.25) is 0 Å². The monoisotopic (exact) mass is 286 g/mol. The van der Waals surface area contributed by atoms with E-state index in [9.17, 15) is 0 Å². The minimum Gasteiger partial charge on any atom is -0.375 e. The van der Waals surface area contributed by atoms with Crippen molar-refractivity contribution in [3.8, 4) is 0 Å². The van der Waals surface area contributed by atoms with Gasteiger partial charge in [-0.25, -0.2) is 0 Å². The summed E-state index contributed by atoms with van der Waals surface area (Å²) in [7, 11) is 0. The number of halogens is 1. The second-order valence-corrected chi connectivity index (χ2v) is 6.53. The van der Waals surface area contributed by atoms with Crippen molar-refractivity contribution < 1.29 is 0 Å². The van der Waals surface area contributed by atoms with Crippen LogP contribution in [0.2, 0.25) is 5.02 Å². The van der Waals surface area contributed by atoms with Crippen LogP contribution in [0.15, 0.2) is 42.7 Å². The van der Waals surface area contributed by atoms with Crippen LogP contribution in [0.25, 0.3) is 0 Å². The van der Waals surface area contributed by atoms with E-state index in [0.717, 1.165) is 17.1 Å². The minimum atomic E-state index is 0.188. The van der Waals surface area contributed by atoms with Gasteiger partial charge < -0.3 is 5.32 Å². The highest BCUT2D eigenvalue weighted by molar-refractivity contribution is 6.33. The Hall–Kier alpha value is -1.54. The molecular weight excluding hydrogens is 268 g/mol. The van der Waals surface area contributed by atoms with Gasteiger partial charge >= 0.3 is 0 Å². The van der Waals surface area contributed by atoms with E-state index >= 15 is 0 Å². The van der Waals surface area contributed by atoms with Gasteiger partial charge in [-0.2, -0.15) is 0 Å². The Kier molecular flexibility index (Phi) is 3.43. The molecule has 0 saturated heterocycles. The molecule has 20 heavy (non-hydrogen) atoms. The summed E-state index contributed by atoms with van der Waals surface area (Å²) in [6.07, 6.45) is 5.82. The van der Waals surface area contributed by atoms with Crippen molar-refractivity contribution in [2.24, 2.45) is 5.41 Å². The Morgan fingerprint density at radius 1 is 1.25 bits per heavy atom. The van der Waals surface area contributed by atoms with Crippen LogP contribution < -0.4 is 5.32 Å². The third kappa shape index (κ3) is 2.40. The second-order valence-electron chi connectivity index (χ2n) is 6.12. The van der Waals surface area contributed by atoms with Crippen molar-refractivity contribution in [3.63, 3.8) is 0 Å². The Balaban J connectivity index is 2.00. The molecule has 0 saturated carbocycles. The van der Waals surface area contributed by atoms with Crippen LogP contribution in [0, 0.1) is 5.41 Å². The van der Waals surface area contributed by atoms with Crippen LogP contribution in [0.4, 0.5) is 5.69 Å². The lowest BCUT2D eigenvalue weighted by Crippen LogP contribution is -2.33. The van der Waals surface area contributed by atoms with E-state index in [1.54, 1.807) is 12.4 Å². The van der Waals surface area contributed by atoms with Crippen molar-refractivity contribution in [1.29, 1.82) is 0 Å². The predicted molar refractivity (Wildman–Crippen MR) is 84.2 cm³/mol. The van der Waals surface area contributed by atoms with Gasteiger partial charge in [0.05, 0.1) is 22.9 Å². The van der Waals surface area contributed by atoms with Gasteiger partial charge in [-0.15, -0.1) is 0 Å². The van der Waals surface area contributed by atoms with E-state index in [2.05, 4.69) is 48.4 Å². The first-order valence-corrected chi connectivity index (χ1v) is 7.39. The Bertz CT molecular complexity index is 622. The molecule has 1 heterocycles. The van der Waals surface area contributed by atoms with Crippen molar-refractivity contribution >= 4 is 17.3 Å². The number of aromatic nitrogens is 1. The van der Waals surface area contributed by atoms with E-state index < -0.39 is 0 Å². The zero-order valence-electron chi connectivity index (χ0n) is 11.9. The highest BCUT2D eigenvalue weighted by atomic mass is 35.5. The first kappa shape index (κ1) is 13.4. The average molecular weight is 287 g/mol. The fourth-order valence-electron chi connectivity index (χ4n) is 2.98. The summed E-state index contributed by atoms with van der Waals surface area (Å²) in [5.41, 5.74) is 3.91. The van der Waals surface area contributed by atoms with Gasteiger partial charge in [-0.3, -0.25) is 4.98 Å². The van der Waals surface area contributed by atoms with Crippen molar-refractivity contribution in [2.45, 2.75) is 32.7 Å². The normalized spacial score (nSPS) is 20.2. The van der Waals surface area contributed by atoms with Crippen LogP contribution in [0.5, 0.6) is 0 Å². The maximum Gasteiger partial charge on any atom is 0.0721 e. The highest BCUT2D eigenvalue weighted by Gasteiger charge is 2.35. The van der Waals surface area contributed by atoms with Crippen LogP contribution in [-0.4, -0.2) is 4.98 Å². The largest absolute Gasteiger partial charge is 0.375 e. The number of nitrogens with zero attached hydrogens (tertiary/aromatic N) is 1. The zero-order chi connectivity index (χ0) is 14.2. The van der Waals surface area contributed by atoms with Crippen LogP contribution in [0.3, 0.4) is 0 Å². The molecule has 1 aromatic carbocycles. The lowest BCUT2D eigenvalue weighted by molar-refractivity contribution is 0.265. The molecule has 1 aromatic heterocycles. The molecule has 1 unspecified atom stereocenters. The van der Waals surface area contributed by atoms with Crippen LogP contribution in [-0.2, 0) is 6.42 Å². The molecule has 0 fully saturated rings. The minimum absolute atomic E-state index is 0.188. The third-order valence-electron chi connectivity index (χ3n) is 4.25. The van der Waals surface area contributed by atoms with Gasteiger partial charge in [-0.1, -0.05) is 49.7 Å². The Morgan fingerprint density at radius 2 is 2.05 bits per heavy atom. The predicted octanol–water partition coefficient (Wildman–Crippen LogP) is 4.86. The van der Waals surface area contributed by atoms with E-state index in [1.165, 1.54) is 17.5 Å². The fraction of sp³-hybridized carbons (Fsp3) is 0.353. The number of rotatable bonds is 2. The fourth-order valence-corrected chi connectivity index (χ4v) is 3.14. The molecule has 0 bridgehead atoms. The van der Waals surface area contributed by atoms with Crippen molar-refractivity contribution in [2.75, 3.05) is 5.32 Å². The molecule has 3 rings (SSSR count). The summed E-state index contributed by atoms with van der Waals surface area (Å²) in [6, 6.07) is 10.8. The zero-order valence-corrected chi connectivity index (χ0v) is 12.6. The molecule has 2 aromatic rings. The standard InChI is InChI=1S/C17H19ClN2/c1-17(2)9-7-12-5-3-4-6-13(12)16(17)20-15-11-19-10-8-14(15)18/h3-6,8,10-11,16,20H,7,9H2,1-2H3. The number of nitrogens with one attached hydrogen (secondary N) is 1. The summed E-state index contributed by atoms with van der Waals surface area (Å²) in [6.45, 7) is 4.62. The molecule has 104 valence electrons. The molecule has 1 aliphatic rings. The Morgan fingerprint density at radius 3 is 2.85 bits per heavy atom. The van der Waals surface area contributed by atoms with Gasteiger partial charge in [0.15, 0.2) is 0 Å². The quantitative estimate of drug-likeness (QED) is 0.853. The topological polar surface area (TPSA) is 24.9 Å².